The zero-order valence-electron chi connectivity index (χ0n) is 7.34. The molecule has 0 aromatic heterocycles. The van der Waals surface area contributed by atoms with Crippen molar-refractivity contribution in [1.82, 2.24) is 5.32 Å². The number of hydrogen-bond donors (Lipinski definition) is 3. The third-order valence-electron chi connectivity index (χ3n) is 1.61. The summed E-state index contributed by atoms with van der Waals surface area (Å²) in [7, 11) is 0. The Kier molecular flexibility index (Phi) is 7.89. The maximum Gasteiger partial charge on any atom is 0.0428 e. The molecule has 1 heterocycles. The topological polar surface area (TPSA) is 58.3 Å². The first kappa shape index (κ1) is 10.9. The van der Waals surface area contributed by atoms with Gasteiger partial charge in [0.1, 0.15) is 0 Å². The van der Waals surface area contributed by atoms with Gasteiger partial charge in [-0.2, -0.15) is 0 Å². The van der Waals surface area contributed by atoms with Gasteiger partial charge in [-0.3, -0.25) is 0 Å². The molecule has 0 saturated carbocycles. The molecule has 1 rings (SSSR count). The number of hydrogen-bond acceptors (Lipinski definition) is 3. The average Bonchev–Trinajstić information content (AvgIpc) is 2.07. The molecule has 1 saturated heterocycles. The van der Waals surface area contributed by atoms with Crippen molar-refractivity contribution in [2.75, 3.05) is 19.7 Å². The smallest absolute Gasteiger partial charge is 0.0428 e. The highest BCUT2D eigenvalue weighted by Crippen LogP contribution is 1.96. The molecule has 1 fully saturated rings. The van der Waals surface area contributed by atoms with E-state index < -0.39 is 0 Å². The van der Waals surface area contributed by atoms with Crippen LogP contribution in [0.2, 0.25) is 0 Å². The van der Waals surface area contributed by atoms with Crippen LogP contribution in [0.4, 0.5) is 0 Å². The summed E-state index contributed by atoms with van der Waals surface area (Å²) in [6.07, 6.45) is 3.18. The molecule has 0 radical (unpaired) electrons. The van der Waals surface area contributed by atoms with Crippen molar-refractivity contribution in [2.24, 2.45) is 5.73 Å². The lowest BCUT2D eigenvalue weighted by Crippen LogP contribution is -2.35. The van der Waals surface area contributed by atoms with E-state index in [0.717, 1.165) is 32.4 Å². The Labute approximate surface area is 69.0 Å². The highest BCUT2D eigenvalue weighted by Gasteiger charge is 2.05. The lowest BCUT2D eigenvalue weighted by Gasteiger charge is -2.17. The first-order chi connectivity index (χ1) is 5.31. The van der Waals surface area contributed by atoms with Crippen LogP contribution in [-0.2, 0) is 0 Å². The molecule has 0 amide bonds. The number of aliphatic hydroxyl groups is 1. The van der Waals surface area contributed by atoms with Gasteiger partial charge in [-0.05, 0) is 32.4 Å². The molecule has 3 heteroatoms. The lowest BCUT2D eigenvalue weighted by molar-refractivity contribution is 0.295. The second-order valence-electron chi connectivity index (χ2n) is 2.81. The summed E-state index contributed by atoms with van der Waals surface area (Å²) < 4.78 is 0. The van der Waals surface area contributed by atoms with Crippen LogP contribution in [0.15, 0.2) is 0 Å². The van der Waals surface area contributed by atoms with Crippen LogP contribution in [-0.4, -0.2) is 30.8 Å². The number of aliphatic hydroxyl groups excluding tert-OH is 1. The molecule has 0 unspecified atom stereocenters. The largest absolute Gasteiger partial charge is 0.396 e. The molecule has 1 aliphatic heterocycles. The van der Waals surface area contributed by atoms with Gasteiger partial charge in [-0.1, -0.05) is 6.92 Å². The zero-order chi connectivity index (χ0) is 8.53. The van der Waals surface area contributed by atoms with Crippen LogP contribution in [0, 0.1) is 0 Å². The van der Waals surface area contributed by atoms with Crippen molar-refractivity contribution >= 4 is 0 Å². The molecule has 0 bridgehead atoms. The first-order valence-corrected chi connectivity index (χ1v) is 4.38. The molecule has 0 aromatic carbocycles. The van der Waals surface area contributed by atoms with Gasteiger partial charge in [0.2, 0.25) is 0 Å². The Morgan fingerprint density at radius 2 is 1.91 bits per heavy atom. The summed E-state index contributed by atoms with van der Waals surface area (Å²) in [6.45, 7) is 4.47. The Morgan fingerprint density at radius 1 is 1.45 bits per heavy atom. The number of nitrogens with two attached hydrogens (primary N) is 1. The molecular formula is C8H20N2O. The van der Waals surface area contributed by atoms with E-state index in [1.165, 1.54) is 0 Å². The van der Waals surface area contributed by atoms with Crippen LogP contribution in [0.25, 0.3) is 0 Å². The van der Waals surface area contributed by atoms with E-state index >= 15 is 0 Å². The van der Waals surface area contributed by atoms with E-state index in [1.807, 2.05) is 6.92 Å². The van der Waals surface area contributed by atoms with Gasteiger partial charge in [0, 0.05) is 12.6 Å². The fraction of sp³-hybridized carbons (Fsp3) is 1.00. The van der Waals surface area contributed by atoms with Gasteiger partial charge in [0.15, 0.2) is 0 Å². The number of rotatable bonds is 1. The normalized spacial score (nSPS) is 18.8. The van der Waals surface area contributed by atoms with E-state index in [1.54, 1.807) is 0 Å². The van der Waals surface area contributed by atoms with Gasteiger partial charge in [0.05, 0.1) is 0 Å². The molecule has 0 spiro atoms. The van der Waals surface area contributed by atoms with Crippen molar-refractivity contribution in [3.05, 3.63) is 0 Å². The molecule has 4 N–H and O–H groups in total. The van der Waals surface area contributed by atoms with Crippen LogP contribution < -0.4 is 11.1 Å². The van der Waals surface area contributed by atoms with Gasteiger partial charge in [0.25, 0.3) is 0 Å². The van der Waals surface area contributed by atoms with E-state index in [4.69, 9.17) is 10.8 Å². The lowest BCUT2D eigenvalue weighted by atomic mass is 10.1. The second kappa shape index (κ2) is 7.98. The fourth-order valence-corrected chi connectivity index (χ4v) is 0.844. The van der Waals surface area contributed by atoms with Crippen LogP contribution in [0.1, 0.15) is 26.2 Å². The van der Waals surface area contributed by atoms with Crippen LogP contribution >= 0.6 is 0 Å². The minimum atomic E-state index is 0.319. The second-order valence-corrected chi connectivity index (χ2v) is 2.81. The Hall–Kier alpha value is -0.120. The van der Waals surface area contributed by atoms with Crippen molar-refractivity contribution < 1.29 is 5.11 Å². The molecule has 0 aliphatic carbocycles. The maximum atomic E-state index is 7.88. The standard InChI is InChI=1S/C5H12N2.C3H8O/c6-5-1-3-7-4-2-5;1-2-3-4/h5,7H,1-4,6H2;4H,2-3H2,1H3. The monoisotopic (exact) mass is 160 g/mol. The van der Waals surface area contributed by atoms with Gasteiger partial charge in [-0.15, -0.1) is 0 Å². The van der Waals surface area contributed by atoms with Crippen LogP contribution in [0.3, 0.4) is 0 Å². The summed E-state index contributed by atoms with van der Waals surface area (Å²) >= 11 is 0. The summed E-state index contributed by atoms with van der Waals surface area (Å²) in [6, 6.07) is 0.473. The number of piperidine rings is 1. The Balaban J connectivity index is 0.000000218. The van der Waals surface area contributed by atoms with E-state index in [2.05, 4.69) is 5.32 Å². The maximum absolute atomic E-state index is 7.88. The minimum absolute atomic E-state index is 0.319. The van der Waals surface area contributed by atoms with Crippen LogP contribution in [0.5, 0.6) is 0 Å². The predicted octanol–water partition coefficient (Wildman–Crippen LogP) is 0.0858. The third kappa shape index (κ3) is 7.78. The SMILES string of the molecule is CCCO.NC1CCNCC1. The molecular weight excluding hydrogens is 140 g/mol. The average molecular weight is 160 g/mol. The zero-order valence-corrected chi connectivity index (χ0v) is 7.34. The quantitative estimate of drug-likeness (QED) is 0.509. The molecule has 0 atom stereocenters. The highest BCUT2D eigenvalue weighted by molar-refractivity contribution is 4.69. The van der Waals surface area contributed by atoms with Gasteiger partial charge >= 0.3 is 0 Å². The summed E-state index contributed by atoms with van der Waals surface area (Å²) in [5.41, 5.74) is 5.59. The Morgan fingerprint density at radius 3 is 2.09 bits per heavy atom. The molecule has 3 nitrogen and oxygen atoms in total. The first-order valence-electron chi connectivity index (χ1n) is 4.38. The van der Waals surface area contributed by atoms with E-state index in [0.29, 0.717) is 12.6 Å². The number of nitrogens with one attached hydrogen (secondary N) is 1. The third-order valence-corrected chi connectivity index (χ3v) is 1.61. The highest BCUT2D eigenvalue weighted by atomic mass is 16.2. The van der Waals surface area contributed by atoms with Crippen molar-refractivity contribution in [1.29, 1.82) is 0 Å². The van der Waals surface area contributed by atoms with Gasteiger partial charge in [-0.25, -0.2) is 0 Å². The summed E-state index contributed by atoms with van der Waals surface area (Å²) in [5.74, 6) is 0. The molecule has 11 heavy (non-hydrogen) atoms. The Bertz CT molecular complexity index is 70.5. The van der Waals surface area contributed by atoms with Crippen molar-refractivity contribution in [2.45, 2.75) is 32.2 Å². The van der Waals surface area contributed by atoms with Crippen molar-refractivity contribution in [3.8, 4) is 0 Å². The van der Waals surface area contributed by atoms with Crippen molar-refractivity contribution in [3.63, 3.8) is 0 Å². The molecule has 1 aliphatic rings. The fourth-order valence-electron chi connectivity index (χ4n) is 0.844. The predicted molar refractivity (Wildman–Crippen MR) is 47.5 cm³/mol. The van der Waals surface area contributed by atoms with Gasteiger partial charge < -0.3 is 16.2 Å². The summed E-state index contributed by atoms with van der Waals surface area (Å²) in [5, 5.41) is 11.1. The summed E-state index contributed by atoms with van der Waals surface area (Å²) in [4.78, 5) is 0. The minimum Gasteiger partial charge on any atom is -0.396 e. The van der Waals surface area contributed by atoms with E-state index in [9.17, 15) is 0 Å². The van der Waals surface area contributed by atoms with E-state index in [-0.39, 0.29) is 0 Å². The molecule has 68 valence electrons. The molecule has 0 aromatic rings.